The number of ether oxygens (including phenoxy) is 1. The number of non-ortho nitro benzene ring substituents is 1. The number of guanidine groups is 1. The van der Waals surface area contributed by atoms with Crippen molar-refractivity contribution in [1.82, 2.24) is 14.7 Å². The molecule has 2 fully saturated rings. The van der Waals surface area contributed by atoms with Crippen molar-refractivity contribution in [1.29, 1.82) is 5.41 Å². The summed E-state index contributed by atoms with van der Waals surface area (Å²) >= 11 is 0. The number of nitrogens with zero attached hydrogens (tertiary/aromatic N) is 4. The molecule has 0 spiro atoms. The summed E-state index contributed by atoms with van der Waals surface area (Å²) in [6, 6.07) is 5.38. The summed E-state index contributed by atoms with van der Waals surface area (Å²) in [6.07, 6.45) is 2.32. The first kappa shape index (κ1) is 21.3. The Kier molecular flexibility index (Phi) is 6.70. The number of likely N-dealkylation sites (tertiary alicyclic amines) is 2. The van der Waals surface area contributed by atoms with Gasteiger partial charge in [-0.3, -0.25) is 15.5 Å². The van der Waals surface area contributed by atoms with E-state index in [4.69, 9.17) is 15.9 Å². The van der Waals surface area contributed by atoms with E-state index < -0.39 is 17.0 Å². The second kappa shape index (κ2) is 9.42. The fourth-order valence-electron chi connectivity index (χ4n) is 3.80. The van der Waals surface area contributed by atoms with Crippen LogP contribution in [0.4, 0.5) is 15.3 Å². The molecule has 0 unspecified atom stereocenters. The third-order valence-electron chi connectivity index (χ3n) is 5.44. The minimum Gasteiger partial charge on any atom is -0.444 e. The lowest BCUT2D eigenvalue weighted by atomic mass is 10.0. The number of nitro benzene ring substituents is 1. The SMILES string of the molecule is N=C(N)N(C(=O)OCc1ccc([N+](=O)[O-])cc1)C1CCN(C(=O)N2CCCC2)CC1. The van der Waals surface area contributed by atoms with Crippen LogP contribution in [0.25, 0.3) is 0 Å². The van der Waals surface area contributed by atoms with E-state index in [1.54, 1.807) is 4.90 Å². The van der Waals surface area contributed by atoms with Crippen LogP contribution in [0.5, 0.6) is 0 Å². The summed E-state index contributed by atoms with van der Waals surface area (Å²) in [5, 5.41) is 18.5. The molecule has 2 heterocycles. The normalized spacial score (nSPS) is 16.9. The van der Waals surface area contributed by atoms with Crippen LogP contribution < -0.4 is 5.73 Å². The van der Waals surface area contributed by atoms with Crippen molar-refractivity contribution in [3.8, 4) is 0 Å². The van der Waals surface area contributed by atoms with E-state index in [1.807, 2.05) is 4.90 Å². The zero-order chi connectivity index (χ0) is 21.7. The van der Waals surface area contributed by atoms with Gasteiger partial charge in [0, 0.05) is 44.4 Å². The molecular weight excluding hydrogens is 392 g/mol. The van der Waals surface area contributed by atoms with E-state index in [9.17, 15) is 19.7 Å². The Balaban J connectivity index is 1.53. The number of urea groups is 1. The van der Waals surface area contributed by atoms with Gasteiger partial charge in [0.25, 0.3) is 5.69 Å². The standard InChI is InChI=1S/C19H26N6O5/c20-17(21)24(19(27)30-13-14-3-5-16(6-4-14)25(28)29)15-7-11-23(12-8-15)18(26)22-9-1-2-10-22/h3-6,15H,1-2,7-13H2,(H3,20,21). The summed E-state index contributed by atoms with van der Waals surface area (Å²) in [5.74, 6) is -0.409. The molecule has 0 bridgehead atoms. The number of carbonyl (C=O) groups is 2. The Hall–Kier alpha value is -3.37. The van der Waals surface area contributed by atoms with Crippen LogP contribution in [0.2, 0.25) is 0 Å². The Morgan fingerprint density at radius 1 is 1.13 bits per heavy atom. The van der Waals surface area contributed by atoms with Crippen molar-refractivity contribution in [2.75, 3.05) is 26.2 Å². The number of nitro groups is 1. The average Bonchev–Trinajstić information content (AvgIpc) is 3.27. The molecule has 0 atom stereocenters. The van der Waals surface area contributed by atoms with Crippen molar-refractivity contribution in [3.63, 3.8) is 0 Å². The molecule has 3 amide bonds. The van der Waals surface area contributed by atoms with E-state index in [2.05, 4.69) is 0 Å². The molecule has 2 aliphatic heterocycles. The van der Waals surface area contributed by atoms with E-state index in [-0.39, 0.29) is 24.4 Å². The lowest BCUT2D eigenvalue weighted by Gasteiger charge is -2.38. The minimum atomic E-state index is -0.745. The van der Waals surface area contributed by atoms with E-state index >= 15 is 0 Å². The maximum absolute atomic E-state index is 12.5. The smallest absolute Gasteiger partial charge is 0.417 e. The number of hydrogen-bond donors (Lipinski definition) is 2. The fraction of sp³-hybridized carbons (Fsp3) is 0.526. The van der Waals surface area contributed by atoms with Gasteiger partial charge in [0.2, 0.25) is 0 Å². The third-order valence-corrected chi connectivity index (χ3v) is 5.44. The molecule has 3 N–H and O–H groups in total. The number of benzene rings is 1. The fourth-order valence-corrected chi connectivity index (χ4v) is 3.80. The molecule has 1 aromatic rings. The van der Waals surface area contributed by atoms with Crippen LogP contribution >= 0.6 is 0 Å². The Morgan fingerprint density at radius 2 is 1.70 bits per heavy atom. The highest BCUT2D eigenvalue weighted by molar-refractivity contribution is 5.91. The van der Waals surface area contributed by atoms with E-state index in [0.717, 1.165) is 30.8 Å². The first-order valence-electron chi connectivity index (χ1n) is 9.94. The first-order valence-corrected chi connectivity index (χ1v) is 9.94. The highest BCUT2D eigenvalue weighted by Gasteiger charge is 2.34. The van der Waals surface area contributed by atoms with Crippen LogP contribution in [-0.4, -0.2) is 69.9 Å². The topological polar surface area (TPSA) is 146 Å². The molecule has 2 aliphatic rings. The molecule has 3 rings (SSSR count). The molecule has 30 heavy (non-hydrogen) atoms. The zero-order valence-electron chi connectivity index (χ0n) is 16.7. The second-order valence-corrected chi connectivity index (χ2v) is 7.43. The van der Waals surface area contributed by atoms with Gasteiger partial charge in [0.05, 0.1) is 4.92 Å². The Labute approximate surface area is 174 Å². The molecular formula is C19H26N6O5. The lowest BCUT2D eigenvalue weighted by molar-refractivity contribution is -0.384. The number of carbonyl (C=O) groups excluding carboxylic acids is 2. The molecule has 11 heteroatoms. The van der Waals surface area contributed by atoms with Gasteiger partial charge in [0.15, 0.2) is 5.96 Å². The Morgan fingerprint density at radius 3 is 2.23 bits per heavy atom. The van der Waals surface area contributed by atoms with Gasteiger partial charge in [-0.25, -0.2) is 14.5 Å². The largest absolute Gasteiger partial charge is 0.444 e. The number of piperidine rings is 1. The average molecular weight is 418 g/mol. The number of amides is 3. The number of rotatable bonds is 4. The molecule has 0 aliphatic carbocycles. The van der Waals surface area contributed by atoms with Gasteiger partial charge in [-0.2, -0.15) is 0 Å². The first-order chi connectivity index (χ1) is 14.4. The molecule has 0 saturated carbocycles. The van der Waals surface area contributed by atoms with Crippen molar-refractivity contribution >= 4 is 23.8 Å². The predicted molar refractivity (Wildman–Crippen MR) is 108 cm³/mol. The van der Waals surface area contributed by atoms with Crippen molar-refractivity contribution in [3.05, 3.63) is 39.9 Å². The summed E-state index contributed by atoms with van der Waals surface area (Å²) in [7, 11) is 0. The van der Waals surface area contributed by atoms with Crippen molar-refractivity contribution in [2.24, 2.45) is 5.73 Å². The van der Waals surface area contributed by atoms with E-state index in [0.29, 0.717) is 31.5 Å². The van der Waals surface area contributed by atoms with Gasteiger partial charge in [0.1, 0.15) is 6.61 Å². The van der Waals surface area contributed by atoms with Gasteiger partial charge >= 0.3 is 12.1 Å². The second-order valence-electron chi connectivity index (χ2n) is 7.43. The predicted octanol–water partition coefficient (Wildman–Crippen LogP) is 2.11. The number of nitrogens with two attached hydrogens (primary N) is 1. The van der Waals surface area contributed by atoms with Crippen molar-refractivity contribution in [2.45, 2.75) is 38.3 Å². The van der Waals surface area contributed by atoms with Gasteiger partial charge in [-0.05, 0) is 43.4 Å². The molecule has 162 valence electrons. The summed E-state index contributed by atoms with van der Waals surface area (Å²) < 4.78 is 5.27. The monoisotopic (exact) mass is 418 g/mol. The number of nitrogens with one attached hydrogen (secondary N) is 1. The van der Waals surface area contributed by atoms with Crippen LogP contribution in [0.15, 0.2) is 24.3 Å². The third kappa shape index (κ3) is 4.97. The Bertz CT molecular complexity index is 800. The molecule has 0 aromatic heterocycles. The summed E-state index contributed by atoms with van der Waals surface area (Å²) in [6.45, 7) is 2.45. The quantitative estimate of drug-likeness (QED) is 0.331. The lowest BCUT2D eigenvalue weighted by Crippen LogP contribution is -2.54. The molecule has 1 aromatic carbocycles. The van der Waals surface area contributed by atoms with E-state index in [1.165, 1.54) is 24.3 Å². The van der Waals surface area contributed by atoms with Crippen LogP contribution in [0.1, 0.15) is 31.2 Å². The maximum atomic E-state index is 12.5. The summed E-state index contributed by atoms with van der Waals surface area (Å²) in [4.78, 5) is 40.0. The highest BCUT2D eigenvalue weighted by Crippen LogP contribution is 2.21. The highest BCUT2D eigenvalue weighted by atomic mass is 16.6. The van der Waals surface area contributed by atoms with Crippen LogP contribution in [0, 0.1) is 15.5 Å². The van der Waals surface area contributed by atoms with Crippen LogP contribution in [0.3, 0.4) is 0 Å². The molecule has 0 radical (unpaired) electrons. The van der Waals surface area contributed by atoms with Gasteiger partial charge in [-0.15, -0.1) is 0 Å². The maximum Gasteiger partial charge on any atom is 0.417 e. The van der Waals surface area contributed by atoms with Crippen molar-refractivity contribution < 1.29 is 19.2 Å². The van der Waals surface area contributed by atoms with Gasteiger partial charge in [-0.1, -0.05) is 0 Å². The minimum absolute atomic E-state index is 0.0288. The van der Waals surface area contributed by atoms with Gasteiger partial charge < -0.3 is 20.3 Å². The summed E-state index contributed by atoms with van der Waals surface area (Å²) in [5.41, 5.74) is 6.17. The number of hydrogen-bond acceptors (Lipinski definition) is 6. The zero-order valence-corrected chi connectivity index (χ0v) is 16.7. The molecule has 11 nitrogen and oxygen atoms in total. The van der Waals surface area contributed by atoms with Crippen LogP contribution in [-0.2, 0) is 11.3 Å². The molecule has 2 saturated heterocycles.